The van der Waals surface area contributed by atoms with Gasteiger partial charge in [0.2, 0.25) is 5.91 Å². The number of methoxy groups -OCH3 is 1. The fourth-order valence-corrected chi connectivity index (χ4v) is 4.15. The molecule has 5 heteroatoms. The maximum absolute atomic E-state index is 12.5. The predicted octanol–water partition coefficient (Wildman–Crippen LogP) is 2.55. The van der Waals surface area contributed by atoms with Crippen molar-refractivity contribution in [2.45, 2.75) is 18.1 Å². The van der Waals surface area contributed by atoms with Crippen molar-refractivity contribution in [3.63, 3.8) is 0 Å². The molecule has 1 aliphatic rings. The first-order chi connectivity index (χ1) is 11.2. The van der Waals surface area contributed by atoms with Crippen LogP contribution in [-0.4, -0.2) is 28.2 Å². The van der Waals surface area contributed by atoms with E-state index in [2.05, 4.69) is 17.4 Å². The van der Waals surface area contributed by atoms with Crippen molar-refractivity contribution in [1.82, 2.24) is 0 Å². The average molecular weight is 329 g/mol. The summed E-state index contributed by atoms with van der Waals surface area (Å²) in [5.41, 5.74) is 3.15. The summed E-state index contributed by atoms with van der Waals surface area (Å²) in [5, 5.41) is 2.81. The summed E-state index contributed by atoms with van der Waals surface area (Å²) < 4.78 is 17.6. The molecule has 120 valence electrons. The summed E-state index contributed by atoms with van der Waals surface area (Å²) >= 11 is 0. The van der Waals surface area contributed by atoms with Gasteiger partial charge in [-0.15, -0.1) is 0 Å². The van der Waals surface area contributed by atoms with Crippen LogP contribution >= 0.6 is 0 Å². The first-order valence-corrected chi connectivity index (χ1v) is 8.92. The quantitative estimate of drug-likeness (QED) is 0.917. The number of anilines is 1. The molecule has 1 atom stereocenters. The Morgan fingerprint density at radius 1 is 1.17 bits per heavy atom. The van der Waals surface area contributed by atoms with Gasteiger partial charge in [-0.2, -0.15) is 0 Å². The molecule has 0 saturated heterocycles. The Balaban J connectivity index is 1.57. The van der Waals surface area contributed by atoms with E-state index in [0.29, 0.717) is 11.4 Å². The van der Waals surface area contributed by atoms with Crippen LogP contribution in [0.3, 0.4) is 0 Å². The first-order valence-electron chi connectivity index (χ1n) is 7.53. The molecule has 0 saturated carbocycles. The van der Waals surface area contributed by atoms with E-state index in [-0.39, 0.29) is 16.9 Å². The number of fused-ring (bicyclic) bond motifs is 1. The molecule has 0 aliphatic heterocycles. The number of carbonyl (C=O) groups is 1. The number of benzene rings is 2. The van der Waals surface area contributed by atoms with E-state index in [1.54, 1.807) is 25.3 Å². The lowest BCUT2D eigenvalue weighted by Crippen LogP contribution is -2.26. The summed E-state index contributed by atoms with van der Waals surface area (Å²) in [5.74, 6) is 0.471. The van der Waals surface area contributed by atoms with Gasteiger partial charge < -0.3 is 10.1 Å². The molecular formula is C18H19NO3S. The maximum Gasteiger partial charge on any atom is 0.237 e. The molecule has 0 aromatic heterocycles. The van der Waals surface area contributed by atoms with Gasteiger partial charge in [0.15, 0.2) is 0 Å². The lowest BCUT2D eigenvalue weighted by molar-refractivity contribution is -0.113. The van der Waals surface area contributed by atoms with Crippen LogP contribution in [0, 0.1) is 0 Å². The minimum Gasteiger partial charge on any atom is -0.497 e. The minimum absolute atomic E-state index is 0.0237. The molecule has 0 radical (unpaired) electrons. The molecule has 1 amide bonds. The zero-order valence-corrected chi connectivity index (χ0v) is 13.8. The standard InChI is InChI=1S/C18H19NO3S/c1-22-16-8-4-7-15(11-16)19-18(20)12-23(21)17-9-13-5-2-3-6-14(13)10-17/h2-8,11,17H,9-10,12H2,1H3,(H,19,20). The van der Waals surface area contributed by atoms with Crippen molar-refractivity contribution < 1.29 is 13.7 Å². The normalized spacial score (nSPS) is 15.0. The van der Waals surface area contributed by atoms with Gasteiger partial charge in [0.05, 0.1) is 7.11 Å². The van der Waals surface area contributed by atoms with E-state index >= 15 is 0 Å². The van der Waals surface area contributed by atoms with E-state index in [0.717, 1.165) is 12.8 Å². The highest BCUT2D eigenvalue weighted by Crippen LogP contribution is 2.25. The molecule has 3 rings (SSSR count). The monoisotopic (exact) mass is 329 g/mol. The molecule has 0 spiro atoms. The first kappa shape index (κ1) is 15.7. The van der Waals surface area contributed by atoms with Crippen LogP contribution in [0.5, 0.6) is 5.75 Å². The summed E-state index contributed by atoms with van der Waals surface area (Å²) in [4.78, 5) is 12.1. The Labute approximate surface area is 138 Å². The number of amides is 1. The van der Waals surface area contributed by atoms with E-state index in [9.17, 15) is 9.00 Å². The van der Waals surface area contributed by atoms with Crippen LogP contribution in [0.2, 0.25) is 0 Å². The summed E-state index contributed by atoms with van der Waals surface area (Å²) in [6.07, 6.45) is 1.57. The van der Waals surface area contributed by atoms with Crippen molar-refractivity contribution in [1.29, 1.82) is 0 Å². The van der Waals surface area contributed by atoms with E-state index in [1.165, 1.54) is 11.1 Å². The molecule has 0 fully saturated rings. The topological polar surface area (TPSA) is 55.4 Å². The smallest absolute Gasteiger partial charge is 0.237 e. The van der Waals surface area contributed by atoms with Crippen molar-refractivity contribution in [2.24, 2.45) is 0 Å². The van der Waals surface area contributed by atoms with Crippen LogP contribution in [0.1, 0.15) is 11.1 Å². The van der Waals surface area contributed by atoms with Crippen LogP contribution in [0.25, 0.3) is 0 Å². The highest BCUT2D eigenvalue weighted by molar-refractivity contribution is 7.86. The summed E-state index contributed by atoms with van der Waals surface area (Å²) in [6.45, 7) is 0. The zero-order valence-electron chi connectivity index (χ0n) is 13.0. The largest absolute Gasteiger partial charge is 0.497 e. The Morgan fingerprint density at radius 2 is 1.87 bits per heavy atom. The second-order valence-electron chi connectivity index (χ2n) is 5.60. The number of carbonyl (C=O) groups excluding carboxylic acids is 1. The SMILES string of the molecule is COc1cccc(NC(=O)CS(=O)C2Cc3ccccc3C2)c1. The summed E-state index contributed by atoms with van der Waals surface area (Å²) in [6, 6.07) is 15.3. The molecule has 23 heavy (non-hydrogen) atoms. The van der Waals surface area contributed by atoms with Crippen LogP contribution < -0.4 is 10.1 Å². The van der Waals surface area contributed by atoms with Crippen molar-refractivity contribution in [3.05, 3.63) is 59.7 Å². The van der Waals surface area contributed by atoms with E-state index in [1.807, 2.05) is 18.2 Å². The van der Waals surface area contributed by atoms with Crippen LogP contribution in [-0.2, 0) is 28.4 Å². The highest BCUT2D eigenvalue weighted by atomic mass is 32.2. The van der Waals surface area contributed by atoms with Gasteiger partial charge in [-0.3, -0.25) is 9.00 Å². The third kappa shape index (κ3) is 3.79. The van der Waals surface area contributed by atoms with Crippen LogP contribution in [0.15, 0.2) is 48.5 Å². The molecule has 1 aliphatic carbocycles. The number of rotatable bonds is 5. The van der Waals surface area contributed by atoms with Gasteiger partial charge in [-0.05, 0) is 36.1 Å². The molecular weight excluding hydrogens is 310 g/mol. The fraction of sp³-hybridized carbons (Fsp3) is 0.278. The Bertz CT molecular complexity index is 720. The Kier molecular flexibility index (Phi) is 4.76. The molecule has 1 unspecified atom stereocenters. The average Bonchev–Trinajstić information content (AvgIpc) is 2.99. The van der Waals surface area contributed by atoms with Gasteiger partial charge in [0, 0.05) is 27.8 Å². The zero-order chi connectivity index (χ0) is 16.2. The van der Waals surface area contributed by atoms with Gasteiger partial charge in [0.1, 0.15) is 11.5 Å². The molecule has 2 aromatic carbocycles. The second-order valence-corrected chi connectivity index (χ2v) is 7.32. The molecule has 0 bridgehead atoms. The number of hydrogen-bond acceptors (Lipinski definition) is 3. The lowest BCUT2D eigenvalue weighted by Gasteiger charge is -2.10. The third-order valence-corrected chi connectivity index (χ3v) is 5.64. The predicted molar refractivity (Wildman–Crippen MR) is 92.3 cm³/mol. The molecule has 0 heterocycles. The fourth-order valence-electron chi connectivity index (χ4n) is 2.85. The van der Waals surface area contributed by atoms with Crippen LogP contribution in [0.4, 0.5) is 5.69 Å². The van der Waals surface area contributed by atoms with Gasteiger partial charge in [-0.25, -0.2) is 0 Å². The maximum atomic E-state index is 12.5. The van der Waals surface area contributed by atoms with Crippen molar-refractivity contribution in [3.8, 4) is 5.75 Å². The summed E-state index contributed by atoms with van der Waals surface area (Å²) in [7, 11) is 0.401. The highest BCUT2D eigenvalue weighted by Gasteiger charge is 2.27. The van der Waals surface area contributed by atoms with Gasteiger partial charge >= 0.3 is 0 Å². The van der Waals surface area contributed by atoms with Gasteiger partial charge in [0.25, 0.3) is 0 Å². The van der Waals surface area contributed by atoms with E-state index in [4.69, 9.17) is 4.74 Å². The Morgan fingerprint density at radius 3 is 2.52 bits per heavy atom. The van der Waals surface area contributed by atoms with Crippen molar-refractivity contribution in [2.75, 3.05) is 18.2 Å². The van der Waals surface area contributed by atoms with Crippen molar-refractivity contribution >= 4 is 22.4 Å². The van der Waals surface area contributed by atoms with E-state index < -0.39 is 10.8 Å². The molecule has 1 N–H and O–H groups in total. The molecule has 4 nitrogen and oxygen atoms in total. The lowest BCUT2D eigenvalue weighted by atomic mass is 10.1. The number of nitrogens with one attached hydrogen (secondary N) is 1. The second kappa shape index (κ2) is 6.96. The third-order valence-electron chi connectivity index (χ3n) is 4.01. The number of ether oxygens (including phenoxy) is 1. The Hall–Kier alpha value is -2.14. The number of hydrogen-bond donors (Lipinski definition) is 1. The molecule has 2 aromatic rings. The minimum atomic E-state index is -1.18. The van der Waals surface area contributed by atoms with Gasteiger partial charge in [-0.1, -0.05) is 30.3 Å².